The van der Waals surface area contributed by atoms with Crippen molar-refractivity contribution in [3.05, 3.63) is 0 Å². The molecule has 2 unspecified atom stereocenters. The van der Waals surface area contributed by atoms with Crippen molar-refractivity contribution in [3.63, 3.8) is 0 Å². The number of hydrogen-bond donors (Lipinski definition) is 3. The van der Waals surface area contributed by atoms with E-state index in [2.05, 4.69) is 41.5 Å². The zero-order valence-electron chi connectivity index (χ0n) is 65.5. The van der Waals surface area contributed by atoms with E-state index in [1.54, 1.807) is 0 Å². The van der Waals surface area contributed by atoms with Crippen LogP contribution < -0.4 is 0 Å². The second-order valence-corrected chi connectivity index (χ2v) is 30.5. The molecule has 0 aromatic carbocycles. The SMILES string of the molecule is CCCCCCCCCCCCCCC(CCCCCCCCCCCC)C(=O)O.CCCCCCCCCCCCCCC(CCCCCCCCCCCCCC)C(=O)O.CCCCCCCCCCCCCCCCC(CCCCCCCCCCCC)C(=O)O. The number of rotatable bonds is 79. The van der Waals surface area contributed by atoms with Gasteiger partial charge in [0.05, 0.1) is 17.8 Å². The molecule has 0 aromatic heterocycles. The number of carbonyl (C=O) groups is 3. The van der Waals surface area contributed by atoms with Crippen molar-refractivity contribution in [2.45, 2.75) is 530 Å². The van der Waals surface area contributed by atoms with Gasteiger partial charge in [0.25, 0.3) is 0 Å². The molecule has 0 heterocycles. The molecule has 0 amide bonds. The predicted molar refractivity (Wildman–Crippen MR) is 418 cm³/mol. The Hall–Kier alpha value is -1.59. The van der Waals surface area contributed by atoms with Crippen molar-refractivity contribution in [3.8, 4) is 0 Å². The molecule has 94 heavy (non-hydrogen) atoms. The number of hydrogen-bond acceptors (Lipinski definition) is 3. The Morgan fingerprint density at radius 2 is 0.223 bits per heavy atom. The van der Waals surface area contributed by atoms with Gasteiger partial charge in [-0.15, -0.1) is 0 Å². The van der Waals surface area contributed by atoms with Crippen molar-refractivity contribution in [2.24, 2.45) is 17.8 Å². The second kappa shape index (κ2) is 87.5. The van der Waals surface area contributed by atoms with Gasteiger partial charge in [0, 0.05) is 0 Å². The summed E-state index contributed by atoms with van der Waals surface area (Å²) in [6, 6.07) is 0. The Kier molecular flexibility index (Phi) is 89.9. The van der Waals surface area contributed by atoms with E-state index in [9.17, 15) is 29.7 Å². The third-order valence-corrected chi connectivity index (χ3v) is 21.0. The van der Waals surface area contributed by atoms with Crippen molar-refractivity contribution >= 4 is 17.9 Å². The van der Waals surface area contributed by atoms with Crippen LogP contribution in [0.4, 0.5) is 0 Å². The van der Waals surface area contributed by atoms with E-state index < -0.39 is 17.9 Å². The van der Waals surface area contributed by atoms with Crippen molar-refractivity contribution in [2.75, 3.05) is 0 Å². The van der Waals surface area contributed by atoms with Gasteiger partial charge in [0.1, 0.15) is 0 Å². The molecule has 0 spiro atoms. The fourth-order valence-electron chi connectivity index (χ4n) is 14.2. The van der Waals surface area contributed by atoms with Gasteiger partial charge in [0.15, 0.2) is 0 Å². The second-order valence-electron chi connectivity index (χ2n) is 30.5. The highest BCUT2D eigenvalue weighted by molar-refractivity contribution is 5.70. The average molecular weight is 1330 g/mol. The smallest absolute Gasteiger partial charge is 0.306 e. The van der Waals surface area contributed by atoms with Crippen molar-refractivity contribution < 1.29 is 29.7 Å². The first-order valence-electron chi connectivity index (χ1n) is 43.8. The summed E-state index contributed by atoms with van der Waals surface area (Å²) < 4.78 is 0. The molecule has 6 nitrogen and oxygen atoms in total. The largest absolute Gasteiger partial charge is 0.481 e. The molecule has 0 saturated heterocycles. The molecule has 564 valence electrons. The molecular formula is C88H176O6. The molecule has 0 aliphatic rings. The Morgan fingerprint density at radius 1 is 0.149 bits per heavy atom. The molecule has 0 fully saturated rings. The van der Waals surface area contributed by atoms with Crippen molar-refractivity contribution in [1.82, 2.24) is 0 Å². The Labute approximate surface area is 591 Å². The third-order valence-electron chi connectivity index (χ3n) is 21.0. The maximum Gasteiger partial charge on any atom is 0.306 e. The Morgan fingerprint density at radius 3 is 0.298 bits per heavy atom. The maximum absolute atomic E-state index is 11.6. The molecule has 6 heteroatoms. The normalized spacial score (nSPS) is 12.0. The lowest BCUT2D eigenvalue weighted by Crippen LogP contribution is -2.13. The third kappa shape index (κ3) is 84.6. The van der Waals surface area contributed by atoms with Crippen LogP contribution in [0.2, 0.25) is 0 Å². The highest BCUT2D eigenvalue weighted by Gasteiger charge is 2.18. The minimum Gasteiger partial charge on any atom is -0.481 e. The van der Waals surface area contributed by atoms with Gasteiger partial charge in [-0.3, -0.25) is 14.4 Å². The summed E-state index contributed by atoms with van der Waals surface area (Å²) in [5.74, 6) is -1.97. The number of unbranched alkanes of at least 4 members (excludes halogenated alkanes) is 64. The van der Waals surface area contributed by atoms with Crippen LogP contribution in [0.25, 0.3) is 0 Å². The van der Waals surface area contributed by atoms with Gasteiger partial charge in [0.2, 0.25) is 0 Å². The topological polar surface area (TPSA) is 112 Å². The molecule has 0 saturated carbocycles. The number of carboxylic acid groups (broad SMARTS) is 3. The maximum atomic E-state index is 11.6. The number of aliphatic carboxylic acids is 3. The molecular weight excluding hydrogens is 1150 g/mol. The van der Waals surface area contributed by atoms with Gasteiger partial charge < -0.3 is 15.3 Å². The summed E-state index contributed by atoms with van der Waals surface area (Å²) in [6.45, 7) is 13.6. The Bertz CT molecular complexity index is 1370. The van der Waals surface area contributed by atoms with Crippen LogP contribution >= 0.6 is 0 Å². The summed E-state index contributed by atoms with van der Waals surface area (Å²) >= 11 is 0. The molecule has 0 radical (unpaired) electrons. The lowest BCUT2D eigenvalue weighted by atomic mass is 9.94. The monoisotopic (exact) mass is 1330 g/mol. The quantitative estimate of drug-likeness (QED) is 0.0523. The van der Waals surface area contributed by atoms with E-state index >= 15 is 0 Å². The zero-order chi connectivity index (χ0) is 69.2. The summed E-state index contributed by atoms with van der Waals surface area (Å²) in [5.41, 5.74) is 0. The summed E-state index contributed by atoms with van der Waals surface area (Å²) in [5, 5.41) is 28.5. The van der Waals surface area contributed by atoms with Crippen LogP contribution in [0.5, 0.6) is 0 Å². The van der Waals surface area contributed by atoms with E-state index in [0.717, 1.165) is 77.0 Å². The lowest BCUT2D eigenvalue weighted by molar-refractivity contribution is -0.143. The van der Waals surface area contributed by atoms with Gasteiger partial charge in [-0.1, -0.05) is 491 Å². The van der Waals surface area contributed by atoms with Crippen LogP contribution in [0.3, 0.4) is 0 Å². The van der Waals surface area contributed by atoms with E-state index in [1.165, 1.54) is 411 Å². The number of carboxylic acids is 3. The van der Waals surface area contributed by atoms with E-state index in [-0.39, 0.29) is 17.8 Å². The summed E-state index contributed by atoms with van der Waals surface area (Å²) in [6.07, 6.45) is 99.1. The first-order valence-corrected chi connectivity index (χ1v) is 43.8. The summed E-state index contributed by atoms with van der Waals surface area (Å²) in [7, 11) is 0. The fraction of sp³-hybridized carbons (Fsp3) is 0.966. The van der Waals surface area contributed by atoms with Gasteiger partial charge in [-0.05, 0) is 38.5 Å². The van der Waals surface area contributed by atoms with E-state index in [4.69, 9.17) is 0 Å². The molecule has 3 N–H and O–H groups in total. The van der Waals surface area contributed by atoms with Crippen molar-refractivity contribution in [1.29, 1.82) is 0 Å². The molecule has 0 rings (SSSR count). The minimum absolute atomic E-state index is 0.0952. The van der Waals surface area contributed by atoms with Gasteiger partial charge in [-0.25, -0.2) is 0 Å². The van der Waals surface area contributed by atoms with Crippen LogP contribution in [-0.4, -0.2) is 33.2 Å². The molecule has 2 atom stereocenters. The highest BCUT2D eigenvalue weighted by atomic mass is 16.4. The molecule has 0 aliphatic heterocycles. The highest BCUT2D eigenvalue weighted by Crippen LogP contribution is 2.25. The minimum atomic E-state index is -0.561. The first-order chi connectivity index (χ1) is 46.2. The van der Waals surface area contributed by atoms with Crippen LogP contribution in [0.1, 0.15) is 530 Å². The van der Waals surface area contributed by atoms with E-state index in [0.29, 0.717) is 0 Å². The summed E-state index contributed by atoms with van der Waals surface area (Å²) in [4.78, 5) is 34.6. The standard InChI is InChI=1S/2C30H60O2.C28H56O2/c1-3-5-7-9-11-13-15-16-17-18-20-22-24-26-28-29(30(31)32)27-25-23-21-19-14-12-10-8-6-4-2;1-3-5-7-9-11-13-15-17-19-21-23-25-27-29(30(31)32)28-26-24-22-20-18-16-14-12-10-8-6-4-2;1-3-5-7-9-11-13-15-16-18-20-22-24-26-27(28(29)30)25-23-21-19-17-14-12-10-8-6-4-2/h2*29H,3-28H2,1-2H3,(H,31,32);27H,3-26H2,1-2H3,(H,29,30). The Balaban J connectivity index is -0.00000132. The van der Waals surface area contributed by atoms with Crippen LogP contribution in [0.15, 0.2) is 0 Å². The fourth-order valence-corrected chi connectivity index (χ4v) is 14.2. The van der Waals surface area contributed by atoms with Gasteiger partial charge in [-0.2, -0.15) is 0 Å². The molecule has 0 aromatic rings. The van der Waals surface area contributed by atoms with Crippen LogP contribution in [0, 0.1) is 17.8 Å². The molecule has 0 bridgehead atoms. The predicted octanol–water partition coefficient (Wildman–Crippen LogP) is 31.8. The van der Waals surface area contributed by atoms with Gasteiger partial charge >= 0.3 is 17.9 Å². The lowest BCUT2D eigenvalue weighted by Gasteiger charge is -2.12. The first kappa shape index (κ1) is 96.6. The average Bonchev–Trinajstić information content (AvgIpc) is 2.92. The van der Waals surface area contributed by atoms with E-state index in [1.807, 2.05) is 0 Å². The van der Waals surface area contributed by atoms with Crippen LogP contribution in [-0.2, 0) is 14.4 Å². The molecule has 0 aliphatic carbocycles. The zero-order valence-corrected chi connectivity index (χ0v) is 65.5.